The van der Waals surface area contributed by atoms with Gasteiger partial charge in [0.05, 0.1) is 12.5 Å². The van der Waals surface area contributed by atoms with E-state index in [0.717, 1.165) is 12.8 Å². The molecule has 0 bridgehead atoms. The molecule has 1 fully saturated rings. The van der Waals surface area contributed by atoms with Crippen LogP contribution in [0.2, 0.25) is 0 Å². The molecule has 1 saturated heterocycles. The van der Waals surface area contributed by atoms with Crippen LogP contribution in [0.1, 0.15) is 12.8 Å². The standard InChI is InChI=1S/C21H23FN6O2/c1-3-17(29)27-8-6-13(7-9-27)11-28-21-18(20(23)24-12-25-21)19(26-28)14-4-5-16(30-2)15(22)10-14/h3-5,10,12-13H,1,6-9,11H2,2H3,(H2,23,24,25). The number of methoxy groups -OCH3 is 1. The third-order valence-corrected chi connectivity index (χ3v) is 5.52. The number of fused-ring (bicyclic) bond motifs is 1. The normalized spacial score (nSPS) is 14.8. The number of halogens is 1. The number of likely N-dealkylation sites (tertiary alicyclic amines) is 1. The number of nitrogen functional groups attached to an aromatic ring is 1. The van der Waals surface area contributed by atoms with Crippen LogP contribution in [0.25, 0.3) is 22.3 Å². The fourth-order valence-electron chi connectivity index (χ4n) is 3.88. The van der Waals surface area contributed by atoms with Gasteiger partial charge < -0.3 is 15.4 Å². The lowest BCUT2D eigenvalue weighted by molar-refractivity contribution is -0.127. The van der Waals surface area contributed by atoms with Crippen LogP contribution in [-0.2, 0) is 11.3 Å². The molecule has 156 valence electrons. The van der Waals surface area contributed by atoms with Crippen LogP contribution in [0.3, 0.4) is 0 Å². The Morgan fingerprint density at radius 3 is 2.80 bits per heavy atom. The Morgan fingerprint density at radius 2 is 2.13 bits per heavy atom. The number of aromatic nitrogens is 4. The quantitative estimate of drug-likeness (QED) is 0.649. The lowest BCUT2D eigenvalue weighted by atomic mass is 9.97. The van der Waals surface area contributed by atoms with Crippen molar-refractivity contribution in [2.45, 2.75) is 19.4 Å². The molecule has 1 aliphatic rings. The monoisotopic (exact) mass is 410 g/mol. The van der Waals surface area contributed by atoms with E-state index in [-0.39, 0.29) is 11.7 Å². The number of nitrogens with two attached hydrogens (primary N) is 1. The van der Waals surface area contributed by atoms with Gasteiger partial charge in [0.15, 0.2) is 17.2 Å². The topological polar surface area (TPSA) is 99.2 Å². The number of carbonyl (C=O) groups excluding carboxylic acids is 1. The van der Waals surface area contributed by atoms with Crippen LogP contribution in [0.4, 0.5) is 10.2 Å². The largest absolute Gasteiger partial charge is 0.494 e. The molecule has 0 spiro atoms. The van der Waals surface area contributed by atoms with Gasteiger partial charge in [-0.25, -0.2) is 19.0 Å². The molecule has 1 aromatic carbocycles. The molecular formula is C21H23FN6O2. The van der Waals surface area contributed by atoms with E-state index in [0.29, 0.717) is 53.7 Å². The lowest BCUT2D eigenvalue weighted by Gasteiger charge is -2.31. The van der Waals surface area contributed by atoms with Crippen LogP contribution >= 0.6 is 0 Å². The highest BCUT2D eigenvalue weighted by Crippen LogP contribution is 2.33. The summed E-state index contributed by atoms with van der Waals surface area (Å²) >= 11 is 0. The van der Waals surface area contributed by atoms with Gasteiger partial charge in [0, 0.05) is 25.2 Å². The van der Waals surface area contributed by atoms with Crippen LogP contribution in [0.5, 0.6) is 5.75 Å². The van der Waals surface area contributed by atoms with Gasteiger partial charge >= 0.3 is 0 Å². The summed E-state index contributed by atoms with van der Waals surface area (Å²) in [5.74, 6) is 0.268. The lowest BCUT2D eigenvalue weighted by Crippen LogP contribution is -2.38. The van der Waals surface area contributed by atoms with Crippen molar-refractivity contribution < 1.29 is 13.9 Å². The number of piperidine rings is 1. The molecule has 0 saturated carbocycles. The van der Waals surface area contributed by atoms with Gasteiger partial charge in [0.2, 0.25) is 5.91 Å². The second kappa shape index (κ2) is 8.10. The first-order chi connectivity index (χ1) is 14.5. The van der Waals surface area contributed by atoms with E-state index < -0.39 is 5.82 Å². The van der Waals surface area contributed by atoms with Crippen molar-refractivity contribution in [1.82, 2.24) is 24.6 Å². The van der Waals surface area contributed by atoms with Crippen molar-refractivity contribution in [3.63, 3.8) is 0 Å². The third-order valence-electron chi connectivity index (χ3n) is 5.52. The molecule has 2 aromatic heterocycles. The molecule has 9 heteroatoms. The zero-order valence-electron chi connectivity index (χ0n) is 16.7. The van der Waals surface area contributed by atoms with E-state index in [2.05, 4.69) is 16.5 Å². The molecule has 0 aliphatic carbocycles. The van der Waals surface area contributed by atoms with Crippen LogP contribution in [-0.4, -0.2) is 50.8 Å². The van der Waals surface area contributed by atoms with E-state index in [9.17, 15) is 9.18 Å². The van der Waals surface area contributed by atoms with Gasteiger partial charge in [-0.15, -0.1) is 0 Å². The Kier molecular flexibility index (Phi) is 5.35. The van der Waals surface area contributed by atoms with Gasteiger partial charge in [0.1, 0.15) is 17.8 Å². The molecule has 1 amide bonds. The minimum Gasteiger partial charge on any atom is -0.494 e. The molecule has 30 heavy (non-hydrogen) atoms. The summed E-state index contributed by atoms with van der Waals surface area (Å²) in [5.41, 5.74) is 7.84. The van der Waals surface area contributed by atoms with E-state index in [1.54, 1.807) is 21.7 Å². The summed E-state index contributed by atoms with van der Waals surface area (Å²) < 4.78 is 21.1. The maximum Gasteiger partial charge on any atom is 0.245 e. The molecule has 3 aromatic rings. The molecule has 4 rings (SSSR count). The van der Waals surface area contributed by atoms with Crippen molar-refractivity contribution in [1.29, 1.82) is 0 Å². The first kappa shape index (κ1) is 19.8. The maximum absolute atomic E-state index is 14.3. The smallest absolute Gasteiger partial charge is 0.245 e. The molecular weight excluding hydrogens is 387 g/mol. The third kappa shape index (κ3) is 3.58. The van der Waals surface area contributed by atoms with E-state index in [1.807, 2.05) is 0 Å². The Balaban J connectivity index is 1.66. The zero-order chi connectivity index (χ0) is 21.3. The molecule has 1 aliphatic heterocycles. The van der Waals surface area contributed by atoms with Crippen molar-refractivity contribution >= 4 is 22.8 Å². The number of hydrogen-bond donors (Lipinski definition) is 1. The summed E-state index contributed by atoms with van der Waals surface area (Å²) in [6, 6.07) is 4.67. The highest BCUT2D eigenvalue weighted by molar-refractivity contribution is 5.98. The van der Waals surface area contributed by atoms with E-state index in [1.165, 1.54) is 25.6 Å². The highest BCUT2D eigenvalue weighted by atomic mass is 19.1. The zero-order valence-corrected chi connectivity index (χ0v) is 16.7. The van der Waals surface area contributed by atoms with Crippen molar-refractivity contribution in [3.8, 4) is 17.0 Å². The summed E-state index contributed by atoms with van der Waals surface area (Å²) in [7, 11) is 1.42. The number of ether oxygens (including phenoxy) is 1. The van der Waals surface area contributed by atoms with Gasteiger partial charge in [-0.05, 0) is 43.0 Å². The van der Waals surface area contributed by atoms with Gasteiger partial charge in [-0.3, -0.25) is 4.79 Å². The fraction of sp³-hybridized carbons (Fsp3) is 0.333. The number of rotatable bonds is 5. The Bertz CT molecular complexity index is 1100. The molecule has 2 N–H and O–H groups in total. The molecule has 0 atom stereocenters. The number of amides is 1. The highest BCUT2D eigenvalue weighted by Gasteiger charge is 2.24. The predicted octanol–water partition coefficient (Wildman–Crippen LogP) is 2.65. The summed E-state index contributed by atoms with van der Waals surface area (Å²) in [5, 5.41) is 5.31. The van der Waals surface area contributed by atoms with E-state index >= 15 is 0 Å². The number of benzene rings is 1. The van der Waals surface area contributed by atoms with Crippen LogP contribution < -0.4 is 10.5 Å². The summed E-state index contributed by atoms with van der Waals surface area (Å²) in [6.45, 7) is 5.54. The number of nitrogens with zero attached hydrogens (tertiary/aromatic N) is 5. The van der Waals surface area contributed by atoms with Crippen molar-refractivity contribution in [2.24, 2.45) is 5.92 Å². The first-order valence-corrected chi connectivity index (χ1v) is 9.74. The molecule has 8 nitrogen and oxygen atoms in total. The Labute approximate surface area is 173 Å². The Morgan fingerprint density at radius 1 is 1.37 bits per heavy atom. The SMILES string of the molecule is C=CC(=O)N1CCC(Cn2nc(-c3ccc(OC)c(F)c3)c3c(N)ncnc32)CC1. The minimum absolute atomic E-state index is 0.0395. The van der Waals surface area contributed by atoms with Crippen molar-refractivity contribution in [3.05, 3.63) is 43.0 Å². The fourth-order valence-corrected chi connectivity index (χ4v) is 3.88. The minimum atomic E-state index is -0.479. The molecule has 0 unspecified atom stereocenters. The van der Waals surface area contributed by atoms with Gasteiger partial charge in [0.25, 0.3) is 0 Å². The summed E-state index contributed by atoms with van der Waals surface area (Å²) in [4.78, 5) is 22.1. The van der Waals surface area contributed by atoms with E-state index in [4.69, 9.17) is 15.6 Å². The molecule has 3 heterocycles. The predicted molar refractivity (Wildman–Crippen MR) is 111 cm³/mol. The van der Waals surface area contributed by atoms with Gasteiger partial charge in [-0.2, -0.15) is 5.10 Å². The van der Waals surface area contributed by atoms with Crippen LogP contribution in [0, 0.1) is 11.7 Å². The second-order valence-electron chi connectivity index (χ2n) is 7.31. The number of anilines is 1. The number of carbonyl (C=O) groups is 1. The average Bonchev–Trinajstić information content (AvgIpc) is 3.13. The van der Waals surface area contributed by atoms with Crippen molar-refractivity contribution in [2.75, 3.05) is 25.9 Å². The number of hydrogen-bond acceptors (Lipinski definition) is 6. The maximum atomic E-state index is 14.3. The Hall–Kier alpha value is -3.49. The second-order valence-corrected chi connectivity index (χ2v) is 7.31. The first-order valence-electron chi connectivity index (χ1n) is 9.74. The average molecular weight is 410 g/mol. The molecule has 0 radical (unpaired) electrons. The van der Waals surface area contributed by atoms with Crippen LogP contribution in [0.15, 0.2) is 37.2 Å². The summed E-state index contributed by atoms with van der Waals surface area (Å²) in [6.07, 6.45) is 4.46. The van der Waals surface area contributed by atoms with Gasteiger partial charge in [-0.1, -0.05) is 6.58 Å².